The number of aromatic nitrogens is 2. The zero-order valence-electron chi connectivity index (χ0n) is 10.7. The Hall–Kier alpha value is -2.17. The van der Waals surface area contributed by atoms with Gasteiger partial charge in [-0.15, -0.1) is 0 Å². The number of nitrogens with zero attached hydrogens (tertiary/aromatic N) is 1. The van der Waals surface area contributed by atoms with Gasteiger partial charge in [-0.05, 0) is 18.1 Å². The molecule has 0 radical (unpaired) electrons. The number of hydrogen-bond donors (Lipinski definition) is 2. The zero-order valence-corrected chi connectivity index (χ0v) is 10.7. The molecule has 3 N–H and O–H groups in total. The lowest BCUT2D eigenvalue weighted by molar-refractivity contribution is 0.612. The Morgan fingerprint density at radius 2 is 2.11 bits per heavy atom. The number of aromatic amines is 1. The molecule has 2 aromatic rings. The van der Waals surface area contributed by atoms with Gasteiger partial charge in [0.1, 0.15) is 17.5 Å². The fraction of sp³-hybridized carbons (Fsp3) is 0.286. The standard InChI is InChI=1S/C14H16FN3O/c1-2-5-10-13(16)17-12(18-14(10)19)8-9-6-3-4-7-11(9)15/h3-4,6-7H,2,5,8H2,1H3,(H3,16,17,18,19). The fourth-order valence-corrected chi connectivity index (χ4v) is 1.96. The molecule has 0 saturated carbocycles. The van der Waals surface area contributed by atoms with Crippen molar-refractivity contribution in [1.82, 2.24) is 9.97 Å². The van der Waals surface area contributed by atoms with Gasteiger partial charge >= 0.3 is 0 Å². The predicted octanol–water partition coefficient (Wildman–Crippen LogP) is 2.03. The molecule has 100 valence electrons. The molecule has 1 aromatic carbocycles. The molecule has 0 saturated heterocycles. The molecule has 0 amide bonds. The normalized spacial score (nSPS) is 10.6. The highest BCUT2D eigenvalue weighted by molar-refractivity contribution is 5.38. The third-order valence-corrected chi connectivity index (χ3v) is 2.91. The number of hydrogen-bond acceptors (Lipinski definition) is 3. The molecule has 0 aliphatic rings. The fourth-order valence-electron chi connectivity index (χ4n) is 1.96. The SMILES string of the molecule is CCCc1c(N)nc(Cc2ccccc2F)[nH]c1=O. The van der Waals surface area contributed by atoms with E-state index in [-0.39, 0.29) is 23.6 Å². The van der Waals surface area contributed by atoms with Crippen molar-refractivity contribution < 1.29 is 4.39 Å². The van der Waals surface area contributed by atoms with E-state index in [4.69, 9.17) is 5.73 Å². The summed E-state index contributed by atoms with van der Waals surface area (Å²) in [6, 6.07) is 6.40. The number of benzene rings is 1. The highest BCUT2D eigenvalue weighted by atomic mass is 19.1. The van der Waals surface area contributed by atoms with Crippen LogP contribution in [-0.2, 0) is 12.8 Å². The average Bonchev–Trinajstić information content (AvgIpc) is 2.37. The van der Waals surface area contributed by atoms with Crippen molar-refractivity contribution in [2.24, 2.45) is 0 Å². The zero-order chi connectivity index (χ0) is 13.8. The molecule has 1 heterocycles. The van der Waals surface area contributed by atoms with Gasteiger partial charge in [0, 0.05) is 6.42 Å². The van der Waals surface area contributed by atoms with Crippen LogP contribution in [0.2, 0.25) is 0 Å². The van der Waals surface area contributed by atoms with Gasteiger partial charge in [0.05, 0.1) is 5.56 Å². The first kappa shape index (κ1) is 13.3. The van der Waals surface area contributed by atoms with E-state index >= 15 is 0 Å². The maximum Gasteiger partial charge on any atom is 0.256 e. The quantitative estimate of drug-likeness (QED) is 0.884. The molecular formula is C14H16FN3O. The highest BCUT2D eigenvalue weighted by Crippen LogP contribution is 2.12. The molecule has 0 spiro atoms. The van der Waals surface area contributed by atoms with Crippen LogP contribution in [0.3, 0.4) is 0 Å². The van der Waals surface area contributed by atoms with Crippen LogP contribution >= 0.6 is 0 Å². The third-order valence-electron chi connectivity index (χ3n) is 2.91. The monoisotopic (exact) mass is 261 g/mol. The van der Waals surface area contributed by atoms with Gasteiger partial charge in [-0.1, -0.05) is 31.5 Å². The first-order valence-corrected chi connectivity index (χ1v) is 6.22. The van der Waals surface area contributed by atoms with Crippen molar-refractivity contribution in [1.29, 1.82) is 0 Å². The first-order valence-electron chi connectivity index (χ1n) is 6.22. The van der Waals surface area contributed by atoms with Crippen molar-refractivity contribution in [3.63, 3.8) is 0 Å². The van der Waals surface area contributed by atoms with Gasteiger partial charge in [-0.3, -0.25) is 4.79 Å². The van der Waals surface area contributed by atoms with E-state index in [0.717, 1.165) is 6.42 Å². The van der Waals surface area contributed by atoms with Gasteiger partial charge in [-0.25, -0.2) is 9.37 Å². The summed E-state index contributed by atoms with van der Waals surface area (Å²) in [5.41, 5.74) is 6.52. The predicted molar refractivity (Wildman–Crippen MR) is 72.5 cm³/mol. The van der Waals surface area contributed by atoms with E-state index in [1.165, 1.54) is 6.07 Å². The molecule has 0 unspecified atom stereocenters. The Kier molecular flexibility index (Phi) is 3.94. The Labute approximate surface area is 110 Å². The summed E-state index contributed by atoms with van der Waals surface area (Å²) in [5, 5.41) is 0. The van der Waals surface area contributed by atoms with E-state index in [2.05, 4.69) is 9.97 Å². The number of halogens is 1. The summed E-state index contributed by atoms with van der Waals surface area (Å²) >= 11 is 0. The Morgan fingerprint density at radius 3 is 2.74 bits per heavy atom. The van der Waals surface area contributed by atoms with Gasteiger partial charge < -0.3 is 10.7 Å². The van der Waals surface area contributed by atoms with Crippen LogP contribution in [0.1, 0.15) is 30.3 Å². The Balaban J connectivity index is 2.33. The molecule has 0 fully saturated rings. The molecule has 0 atom stereocenters. The lowest BCUT2D eigenvalue weighted by Gasteiger charge is -2.06. The minimum atomic E-state index is -0.318. The highest BCUT2D eigenvalue weighted by Gasteiger charge is 2.10. The summed E-state index contributed by atoms with van der Waals surface area (Å²) in [4.78, 5) is 18.7. The minimum absolute atomic E-state index is 0.221. The Bertz CT molecular complexity index is 637. The minimum Gasteiger partial charge on any atom is -0.383 e. The molecule has 19 heavy (non-hydrogen) atoms. The molecule has 0 aliphatic carbocycles. The van der Waals surface area contributed by atoms with Gasteiger partial charge in [-0.2, -0.15) is 0 Å². The number of nitrogen functional groups attached to an aromatic ring is 1. The van der Waals surface area contributed by atoms with Gasteiger partial charge in [0.25, 0.3) is 5.56 Å². The van der Waals surface area contributed by atoms with Crippen LogP contribution in [0.5, 0.6) is 0 Å². The maximum atomic E-state index is 13.5. The summed E-state index contributed by atoms with van der Waals surface area (Å²) in [7, 11) is 0. The molecule has 1 aromatic heterocycles. The Morgan fingerprint density at radius 1 is 1.37 bits per heavy atom. The smallest absolute Gasteiger partial charge is 0.256 e. The lowest BCUT2D eigenvalue weighted by atomic mass is 10.1. The van der Waals surface area contributed by atoms with Crippen LogP contribution in [0, 0.1) is 5.82 Å². The third kappa shape index (κ3) is 2.99. The van der Waals surface area contributed by atoms with Crippen LogP contribution in [0.25, 0.3) is 0 Å². The second-order valence-electron chi connectivity index (χ2n) is 4.39. The van der Waals surface area contributed by atoms with Crippen molar-refractivity contribution >= 4 is 5.82 Å². The molecule has 0 aliphatic heterocycles. The van der Waals surface area contributed by atoms with Crippen LogP contribution in [0.4, 0.5) is 10.2 Å². The number of anilines is 1. The summed E-state index contributed by atoms with van der Waals surface area (Å²) < 4.78 is 13.5. The van der Waals surface area contributed by atoms with Crippen LogP contribution < -0.4 is 11.3 Å². The molecule has 5 heteroatoms. The van der Waals surface area contributed by atoms with E-state index in [9.17, 15) is 9.18 Å². The van der Waals surface area contributed by atoms with E-state index in [0.29, 0.717) is 23.4 Å². The summed E-state index contributed by atoms with van der Waals surface area (Å²) in [5.74, 6) is 0.297. The summed E-state index contributed by atoms with van der Waals surface area (Å²) in [6.07, 6.45) is 1.63. The van der Waals surface area contributed by atoms with E-state index < -0.39 is 0 Å². The van der Waals surface area contributed by atoms with Crippen LogP contribution in [-0.4, -0.2) is 9.97 Å². The van der Waals surface area contributed by atoms with Crippen molar-refractivity contribution in [3.05, 3.63) is 57.4 Å². The number of rotatable bonds is 4. The molecule has 0 bridgehead atoms. The van der Waals surface area contributed by atoms with Crippen molar-refractivity contribution in [3.8, 4) is 0 Å². The van der Waals surface area contributed by atoms with E-state index in [1.54, 1.807) is 18.2 Å². The topological polar surface area (TPSA) is 71.8 Å². The molecule has 4 nitrogen and oxygen atoms in total. The lowest BCUT2D eigenvalue weighted by Crippen LogP contribution is -2.20. The van der Waals surface area contributed by atoms with Gasteiger partial charge in [0.2, 0.25) is 0 Å². The second-order valence-corrected chi connectivity index (χ2v) is 4.39. The molecular weight excluding hydrogens is 245 g/mol. The number of nitrogens with two attached hydrogens (primary N) is 1. The summed E-state index contributed by atoms with van der Waals surface area (Å²) in [6.45, 7) is 1.96. The van der Waals surface area contributed by atoms with E-state index in [1.807, 2.05) is 6.92 Å². The largest absolute Gasteiger partial charge is 0.383 e. The second kappa shape index (κ2) is 5.65. The van der Waals surface area contributed by atoms with Crippen molar-refractivity contribution in [2.45, 2.75) is 26.2 Å². The van der Waals surface area contributed by atoms with Gasteiger partial charge in [0.15, 0.2) is 0 Å². The first-order chi connectivity index (χ1) is 9.11. The molecule has 2 rings (SSSR count). The van der Waals surface area contributed by atoms with Crippen molar-refractivity contribution in [2.75, 3.05) is 5.73 Å². The number of H-pyrrole nitrogens is 1. The maximum absolute atomic E-state index is 13.5. The number of nitrogens with one attached hydrogen (secondary N) is 1. The average molecular weight is 261 g/mol. The van der Waals surface area contributed by atoms with Crippen LogP contribution in [0.15, 0.2) is 29.1 Å².